The highest BCUT2D eigenvalue weighted by Crippen LogP contribution is 2.28. The first-order valence-electron chi connectivity index (χ1n) is 9.86. The number of benzene rings is 2. The maximum absolute atomic E-state index is 12.2. The average molecular weight is 475 g/mol. The molecule has 0 bridgehead atoms. The number of aryl methyl sites for hydroxylation is 1. The van der Waals surface area contributed by atoms with E-state index in [2.05, 4.69) is 26.1 Å². The fraction of sp³-hybridized carbons (Fsp3) is 0.0870. The molecule has 0 fully saturated rings. The molecule has 5 aromatic rings. The third kappa shape index (κ3) is 4.22. The van der Waals surface area contributed by atoms with Crippen LogP contribution in [0.4, 0.5) is 0 Å². The molecule has 3 aromatic heterocycles. The number of hydrogen-bond donors (Lipinski definition) is 1. The normalized spacial score (nSPS) is 11.7. The molecular weight excluding hydrogens is 460 g/mol. The van der Waals surface area contributed by atoms with Crippen LogP contribution in [-0.4, -0.2) is 24.6 Å². The van der Waals surface area contributed by atoms with Crippen molar-refractivity contribution in [1.29, 1.82) is 5.26 Å². The number of hydrogen-bond acceptors (Lipinski definition) is 7. The lowest BCUT2D eigenvalue weighted by atomic mass is 10.1. The van der Waals surface area contributed by atoms with Crippen LogP contribution in [0.15, 0.2) is 53.3 Å². The number of aromatic amines is 1. The van der Waals surface area contributed by atoms with Crippen molar-refractivity contribution in [3.63, 3.8) is 0 Å². The number of nitrogens with one attached hydrogen (secondary N) is 1. The number of ether oxygens (including phenoxy) is 1. The number of H-pyrrole nitrogens is 1. The van der Waals surface area contributed by atoms with Gasteiger partial charge in [0.25, 0.3) is 5.56 Å². The number of para-hydroxylation sites is 2. The first kappa shape index (κ1) is 20.9. The summed E-state index contributed by atoms with van der Waals surface area (Å²) in [6.45, 7) is 1.90. The van der Waals surface area contributed by atoms with Gasteiger partial charge in [-0.25, -0.2) is 9.97 Å². The Balaban J connectivity index is 1.36. The molecule has 0 aliphatic heterocycles. The number of nitriles is 1. The Hall–Kier alpha value is -4.00. The zero-order valence-electron chi connectivity index (χ0n) is 17.2. The molecule has 10 heteroatoms. The summed E-state index contributed by atoms with van der Waals surface area (Å²) in [5, 5.41) is 14.9. The van der Waals surface area contributed by atoms with Gasteiger partial charge in [0.2, 0.25) is 4.96 Å². The van der Waals surface area contributed by atoms with Gasteiger partial charge in [-0.1, -0.05) is 41.1 Å². The van der Waals surface area contributed by atoms with Crippen molar-refractivity contribution in [3.05, 3.63) is 86.0 Å². The smallest absolute Gasteiger partial charge is 0.275 e. The molecule has 0 atom stereocenters. The van der Waals surface area contributed by atoms with Crippen LogP contribution in [-0.2, 0) is 6.61 Å². The molecule has 8 nitrogen and oxygen atoms in total. The monoisotopic (exact) mass is 474 g/mol. The molecule has 33 heavy (non-hydrogen) atoms. The summed E-state index contributed by atoms with van der Waals surface area (Å²) >= 11 is 7.74. The third-order valence-corrected chi connectivity index (χ3v) is 5.93. The lowest BCUT2D eigenvalue weighted by molar-refractivity contribution is 0.301. The fourth-order valence-electron chi connectivity index (χ4n) is 3.30. The summed E-state index contributed by atoms with van der Waals surface area (Å²) in [6, 6.07) is 16.4. The predicted octanol–water partition coefficient (Wildman–Crippen LogP) is 4.63. The van der Waals surface area contributed by atoms with Gasteiger partial charge in [-0.2, -0.15) is 14.9 Å². The van der Waals surface area contributed by atoms with E-state index in [1.807, 2.05) is 31.2 Å². The molecule has 0 aliphatic carbocycles. The van der Waals surface area contributed by atoms with Gasteiger partial charge < -0.3 is 9.72 Å². The van der Waals surface area contributed by atoms with Gasteiger partial charge in [-0.3, -0.25) is 4.79 Å². The second kappa shape index (κ2) is 8.50. The number of nitrogens with zero attached hydrogens (tertiary/aromatic N) is 5. The molecule has 0 unspecified atom stereocenters. The first-order valence-corrected chi connectivity index (χ1v) is 11.1. The molecule has 0 amide bonds. The Labute approximate surface area is 196 Å². The number of rotatable bonds is 5. The van der Waals surface area contributed by atoms with Crippen LogP contribution < -0.4 is 10.3 Å². The van der Waals surface area contributed by atoms with Crippen molar-refractivity contribution < 1.29 is 4.74 Å². The van der Waals surface area contributed by atoms with Gasteiger partial charge in [-0.05, 0) is 42.8 Å². The Kier molecular flexibility index (Phi) is 5.38. The van der Waals surface area contributed by atoms with E-state index in [1.54, 1.807) is 24.3 Å². The van der Waals surface area contributed by atoms with Gasteiger partial charge in [-0.15, -0.1) is 0 Å². The number of fused-ring (bicyclic) bond motifs is 2. The highest BCUT2D eigenvalue weighted by Gasteiger charge is 2.11. The van der Waals surface area contributed by atoms with E-state index in [9.17, 15) is 10.1 Å². The van der Waals surface area contributed by atoms with E-state index in [0.29, 0.717) is 32.8 Å². The fourth-order valence-corrected chi connectivity index (χ4v) is 4.31. The molecule has 0 saturated heterocycles. The van der Waals surface area contributed by atoms with Crippen molar-refractivity contribution in [2.45, 2.75) is 13.5 Å². The van der Waals surface area contributed by atoms with Crippen LogP contribution >= 0.6 is 22.9 Å². The van der Waals surface area contributed by atoms with Gasteiger partial charge in [0.05, 0.1) is 27.3 Å². The minimum absolute atomic E-state index is 0.0834. The summed E-state index contributed by atoms with van der Waals surface area (Å²) in [7, 11) is 0. The molecule has 3 heterocycles. The van der Waals surface area contributed by atoms with E-state index >= 15 is 0 Å². The van der Waals surface area contributed by atoms with E-state index in [0.717, 1.165) is 21.6 Å². The molecule has 2 aromatic carbocycles. The van der Waals surface area contributed by atoms with E-state index in [-0.39, 0.29) is 12.2 Å². The Bertz CT molecular complexity index is 1610. The van der Waals surface area contributed by atoms with Crippen LogP contribution in [0.25, 0.3) is 27.6 Å². The van der Waals surface area contributed by atoms with Crippen molar-refractivity contribution in [2.24, 2.45) is 0 Å². The number of allylic oxidation sites excluding steroid dienone is 1. The quantitative estimate of drug-likeness (QED) is 0.372. The van der Waals surface area contributed by atoms with Crippen LogP contribution in [0.2, 0.25) is 5.02 Å². The van der Waals surface area contributed by atoms with E-state index < -0.39 is 0 Å². The van der Waals surface area contributed by atoms with Crippen LogP contribution in [0, 0.1) is 18.3 Å². The zero-order chi connectivity index (χ0) is 22.9. The van der Waals surface area contributed by atoms with Crippen LogP contribution in [0.5, 0.6) is 5.75 Å². The maximum Gasteiger partial charge on any atom is 0.275 e. The molecule has 5 rings (SSSR count). The maximum atomic E-state index is 12.2. The molecule has 0 aliphatic rings. The minimum Gasteiger partial charge on any atom is -0.486 e. The molecule has 0 radical (unpaired) electrons. The Morgan fingerprint density at radius 3 is 2.91 bits per heavy atom. The van der Waals surface area contributed by atoms with Crippen molar-refractivity contribution in [3.8, 4) is 11.8 Å². The summed E-state index contributed by atoms with van der Waals surface area (Å²) in [5.41, 5.74) is 2.98. The second-order valence-electron chi connectivity index (χ2n) is 7.15. The van der Waals surface area contributed by atoms with Crippen molar-refractivity contribution in [1.82, 2.24) is 24.6 Å². The SMILES string of the molecule is Cc1nn2c(=O)cc(COc3ccc(/C=C(\C#N)c4nc5ccccc5[nH]4)cc3Cl)nc2s1. The summed E-state index contributed by atoms with van der Waals surface area (Å²) < 4.78 is 7.05. The second-order valence-corrected chi connectivity index (χ2v) is 8.72. The predicted molar refractivity (Wildman–Crippen MR) is 127 cm³/mol. The van der Waals surface area contributed by atoms with Crippen LogP contribution in [0.1, 0.15) is 22.1 Å². The number of imidazole rings is 1. The summed E-state index contributed by atoms with van der Waals surface area (Å²) in [5.74, 6) is 0.930. The standard InChI is InChI=1S/C23H15ClN6O2S/c1-13-29-30-21(31)10-16(26-23(30)33-13)12-32-20-7-6-14(9-17(20)24)8-15(11-25)22-27-18-4-2-3-5-19(18)28-22/h2-10H,12H2,1H3,(H,27,28)/b15-8+. The highest BCUT2D eigenvalue weighted by molar-refractivity contribution is 7.16. The molecule has 0 saturated carbocycles. The third-order valence-electron chi connectivity index (χ3n) is 4.81. The Morgan fingerprint density at radius 1 is 1.27 bits per heavy atom. The molecule has 162 valence electrons. The molecule has 1 N–H and O–H groups in total. The van der Waals surface area contributed by atoms with Gasteiger partial charge in [0.1, 0.15) is 29.3 Å². The van der Waals surface area contributed by atoms with Gasteiger partial charge in [0, 0.05) is 6.07 Å². The first-order chi connectivity index (χ1) is 16.0. The topological polar surface area (TPSA) is 109 Å². The van der Waals surface area contributed by atoms with Crippen molar-refractivity contribution in [2.75, 3.05) is 0 Å². The molecule has 0 spiro atoms. The van der Waals surface area contributed by atoms with E-state index in [1.165, 1.54) is 21.9 Å². The summed E-state index contributed by atoms with van der Waals surface area (Å²) in [4.78, 5) is 24.7. The lowest BCUT2D eigenvalue weighted by Gasteiger charge is -2.08. The summed E-state index contributed by atoms with van der Waals surface area (Å²) in [6.07, 6.45) is 1.70. The number of halogens is 1. The van der Waals surface area contributed by atoms with Gasteiger partial charge >= 0.3 is 0 Å². The minimum atomic E-state index is -0.260. The van der Waals surface area contributed by atoms with Gasteiger partial charge in [0.15, 0.2) is 0 Å². The average Bonchev–Trinajstić information content (AvgIpc) is 3.40. The Morgan fingerprint density at radius 2 is 2.12 bits per heavy atom. The zero-order valence-corrected chi connectivity index (χ0v) is 18.8. The lowest BCUT2D eigenvalue weighted by Crippen LogP contribution is -2.16. The molecular formula is C23H15ClN6O2S. The number of aromatic nitrogens is 5. The largest absolute Gasteiger partial charge is 0.486 e. The highest BCUT2D eigenvalue weighted by atomic mass is 35.5. The van der Waals surface area contributed by atoms with Crippen molar-refractivity contribution >= 4 is 50.6 Å². The van der Waals surface area contributed by atoms with E-state index in [4.69, 9.17) is 16.3 Å². The van der Waals surface area contributed by atoms with Crippen LogP contribution in [0.3, 0.4) is 0 Å².